The molecule has 0 bridgehead atoms. The minimum atomic E-state index is 0.244. The van der Waals surface area contributed by atoms with Gasteiger partial charge in [0.05, 0.1) is 0 Å². The maximum atomic E-state index is 3.46. The van der Waals surface area contributed by atoms with Crippen molar-refractivity contribution in [1.82, 2.24) is 10.2 Å². The van der Waals surface area contributed by atoms with Gasteiger partial charge in [0, 0.05) is 51.0 Å². The third-order valence-electron chi connectivity index (χ3n) is 4.67. The molecule has 0 aromatic heterocycles. The van der Waals surface area contributed by atoms with Crippen molar-refractivity contribution in [2.24, 2.45) is 5.41 Å². The van der Waals surface area contributed by atoms with E-state index in [1.54, 1.807) is 0 Å². The summed E-state index contributed by atoms with van der Waals surface area (Å²) in [7, 11) is 0. The van der Waals surface area contributed by atoms with Crippen molar-refractivity contribution in [3.05, 3.63) is 29.8 Å². The molecule has 1 aromatic rings. The molecule has 0 spiro atoms. The highest BCUT2D eigenvalue weighted by Crippen LogP contribution is 2.38. The van der Waals surface area contributed by atoms with Gasteiger partial charge in [-0.3, -0.25) is 4.90 Å². The van der Waals surface area contributed by atoms with Gasteiger partial charge in [0.15, 0.2) is 0 Å². The quantitative estimate of drug-likeness (QED) is 0.898. The Hall–Kier alpha value is -1.06. The molecule has 0 saturated carbocycles. The van der Waals surface area contributed by atoms with Crippen molar-refractivity contribution in [3.63, 3.8) is 0 Å². The van der Waals surface area contributed by atoms with E-state index in [1.807, 2.05) is 0 Å². The Bertz CT molecular complexity index is 437. The van der Waals surface area contributed by atoms with Crippen LogP contribution < -0.4 is 10.2 Å². The molecule has 1 N–H and O–H groups in total. The molecule has 3 nitrogen and oxygen atoms in total. The zero-order chi connectivity index (χ0) is 16.2. The predicted molar refractivity (Wildman–Crippen MR) is 96.6 cm³/mol. The predicted octanol–water partition coefficient (Wildman–Crippen LogP) is 3.53. The van der Waals surface area contributed by atoms with Gasteiger partial charge in [-0.15, -0.1) is 0 Å². The fourth-order valence-corrected chi connectivity index (χ4v) is 3.66. The van der Waals surface area contributed by atoms with E-state index < -0.39 is 0 Å². The molecule has 1 heterocycles. The first kappa shape index (κ1) is 17.3. The van der Waals surface area contributed by atoms with Crippen molar-refractivity contribution >= 4 is 5.69 Å². The lowest BCUT2D eigenvalue weighted by molar-refractivity contribution is 0.0862. The molecule has 1 aliphatic rings. The minimum absolute atomic E-state index is 0.244. The van der Waals surface area contributed by atoms with Crippen LogP contribution in [-0.2, 0) is 0 Å². The van der Waals surface area contributed by atoms with Gasteiger partial charge in [-0.25, -0.2) is 0 Å². The molecule has 1 aliphatic heterocycles. The average molecular weight is 303 g/mol. The van der Waals surface area contributed by atoms with Crippen molar-refractivity contribution in [2.45, 2.75) is 40.7 Å². The van der Waals surface area contributed by atoms with Crippen LogP contribution >= 0.6 is 0 Å². The van der Waals surface area contributed by atoms with Crippen molar-refractivity contribution in [2.75, 3.05) is 44.2 Å². The third-order valence-corrected chi connectivity index (χ3v) is 4.67. The van der Waals surface area contributed by atoms with Crippen LogP contribution in [-0.4, -0.2) is 44.2 Å². The van der Waals surface area contributed by atoms with E-state index in [4.69, 9.17) is 0 Å². The summed E-state index contributed by atoms with van der Waals surface area (Å²) < 4.78 is 0. The van der Waals surface area contributed by atoms with Crippen LogP contribution in [0.1, 0.15) is 46.2 Å². The molecule has 22 heavy (non-hydrogen) atoms. The van der Waals surface area contributed by atoms with E-state index in [1.165, 1.54) is 11.3 Å². The zero-order valence-corrected chi connectivity index (χ0v) is 15.0. The smallest absolute Gasteiger partial charge is 0.0397 e. The number of rotatable bonds is 5. The fourth-order valence-electron chi connectivity index (χ4n) is 3.66. The molecular weight excluding hydrogens is 270 g/mol. The first-order valence-electron chi connectivity index (χ1n) is 8.77. The van der Waals surface area contributed by atoms with Gasteiger partial charge < -0.3 is 10.2 Å². The van der Waals surface area contributed by atoms with Crippen LogP contribution in [0.15, 0.2) is 24.3 Å². The Labute approximate surface area is 136 Å². The molecule has 3 heteroatoms. The molecule has 2 rings (SSSR count). The molecular formula is C19H33N3. The van der Waals surface area contributed by atoms with Gasteiger partial charge in [0.2, 0.25) is 0 Å². The first-order valence-corrected chi connectivity index (χ1v) is 8.77. The highest BCUT2D eigenvalue weighted by Gasteiger charge is 2.32. The van der Waals surface area contributed by atoms with E-state index in [0.29, 0.717) is 6.04 Å². The highest BCUT2D eigenvalue weighted by atomic mass is 15.2. The number of nitrogens with one attached hydrogen (secondary N) is 1. The van der Waals surface area contributed by atoms with Gasteiger partial charge in [0.25, 0.3) is 0 Å². The molecule has 0 unspecified atom stereocenters. The Morgan fingerprint density at radius 3 is 2.05 bits per heavy atom. The zero-order valence-electron chi connectivity index (χ0n) is 15.0. The van der Waals surface area contributed by atoms with Crippen LogP contribution in [0.4, 0.5) is 5.69 Å². The minimum Gasteiger partial charge on any atom is -0.372 e. The van der Waals surface area contributed by atoms with Crippen molar-refractivity contribution in [1.29, 1.82) is 0 Å². The molecule has 0 amide bonds. The number of anilines is 1. The van der Waals surface area contributed by atoms with Crippen LogP contribution in [0.5, 0.6) is 0 Å². The van der Waals surface area contributed by atoms with Crippen molar-refractivity contribution < 1.29 is 0 Å². The maximum absolute atomic E-state index is 3.46. The lowest BCUT2D eigenvalue weighted by atomic mass is 9.81. The fraction of sp³-hybridized carbons (Fsp3) is 0.684. The molecule has 1 aromatic carbocycles. The average Bonchev–Trinajstić information content (AvgIpc) is 2.50. The lowest BCUT2D eigenvalue weighted by Crippen LogP contribution is -2.48. The SMILES string of the molecule is CCN(CC)c1ccc([C@@H](N2CCNCC2)C(C)(C)C)cc1. The Balaban J connectivity index is 2.24. The monoisotopic (exact) mass is 303 g/mol. The second-order valence-electron chi connectivity index (χ2n) is 7.32. The third kappa shape index (κ3) is 4.02. The summed E-state index contributed by atoms with van der Waals surface area (Å²) in [5.74, 6) is 0. The molecule has 1 atom stereocenters. The molecule has 0 radical (unpaired) electrons. The van der Waals surface area contributed by atoms with E-state index in [0.717, 1.165) is 39.3 Å². The summed E-state index contributed by atoms with van der Waals surface area (Å²) in [6, 6.07) is 9.75. The van der Waals surface area contributed by atoms with Gasteiger partial charge in [-0.1, -0.05) is 32.9 Å². The Morgan fingerprint density at radius 2 is 1.59 bits per heavy atom. The van der Waals surface area contributed by atoms with Gasteiger partial charge in [-0.05, 0) is 37.0 Å². The van der Waals surface area contributed by atoms with Gasteiger partial charge >= 0.3 is 0 Å². The number of nitrogens with zero attached hydrogens (tertiary/aromatic N) is 2. The molecule has 1 saturated heterocycles. The van der Waals surface area contributed by atoms with E-state index in [2.05, 4.69) is 74.0 Å². The normalized spacial score (nSPS) is 18.2. The second-order valence-corrected chi connectivity index (χ2v) is 7.32. The van der Waals surface area contributed by atoms with Crippen LogP contribution in [0.3, 0.4) is 0 Å². The highest BCUT2D eigenvalue weighted by molar-refractivity contribution is 5.48. The van der Waals surface area contributed by atoms with Gasteiger partial charge in [0.1, 0.15) is 0 Å². The summed E-state index contributed by atoms with van der Waals surface area (Å²) >= 11 is 0. The summed E-state index contributed by atoms with van der Waals surface area (Å²) in [4.78, 5) is 5.05. The number of benzene rings is 1. The second kappa shape index (κ2) is 7.47. The number of hydrogen-bond donors (Lipinski definition) is 1. The Morgan fingerprint density at radius 1 is 1.05 bits per heavy atom. The first-order chi connectivity index (χ1) is 10.5. The molecule has 124 valence electrons. The van der Waals surface area contributed by atoms with Crippen LogP contribution in [0.2, 0.25) is 0 Å². The summed E-state index contributed by atoms with van der Waals surface area (Å²) in [6.45, 7) is 18.1. The number of piperazine rings is 1. The van der Waals surface area contributed by atoms with Crippen LogP contribution in [0.25, 0.3) is 0 Å². The molecule has 1 fully saturated rings. The standard InChI is InChI=1S/C19H33N3/c1-6-21(7-2)17-10-8-16(9-11-17)18(19(3,4)5)22-14-12-20-13-15-22/h8-11,18,20H,6-7,12-15H2,1-5H3/t18-/m1/s1. The lowest BCUT2D eigenvalue weighted by Gasteiger charge is -2.42. The largest absolute Gasteiger partial charge is 0.372 e. The maximum Gasteiger partial charge on any atom is 0.0397 e. The summed E-state index contributed by atoms with van der Waals surface area (Å²) in [5, 5.41) is 3.46. The van der Waals surface area contributed by atoms with E-state index >= 15 is 0 Å². The van der Waals surface area contributed by atoms with E-state index in [-0.39, 0.29) is 5.41 Å². The molecule has 0 aliphatic carbocycles. The van der Waals surface area contributed by atoms with Crippen LogP contribution in [0, 0.1) is 5.41 Å². The summed E-state index contributed by atoms with van der Waals surface area (Å²) in [5.41, 5.74) is 3.03. The topological polar surface area (TPSA) is 18.5 Å². The van der Waals surface area contributed by atoms with E-state index in [9.17, 15) is 0 Å². The van der Waals surface area contributed by atoms with Crippen molar-refractivity contribution in [3.8, 4) is 0 Å². The Kier molecular flexibility index (Phi) is 5.87. The summed E-state index contributed by atoms with van der Waals surface area (Å²) in [6.07, 6.45) is 0. The van der Waals surface area contributed by atoms with Gasteiger partial charge in [-0.2, -0.15) is 0 Å². The number of hydrogen-bond acceptors (Lipinski definition) is 3.